The van der Waals surface area contributed by atoms with Gasteiger partial charge in [-0.05, 0) is 41.5 Å². The van der Waals surface area contributed by atoms with Crippen LogP contribution in [0.15, 0.2) is 48.6 Å². The smallest absolute Gasteiger partial charge is 0.411 e. The highest BCUT2D eigenvalue weighted by atomic mass is 16.6. The second-order valence-corrected chi connectivity index (χ2v) is 9.28. The third-order valence-electron chi connectivity index (χ3n) is 4.65. The Hall–Kier alpha value is -2.50. The Labute approximate surface area is 167 Å². The molecular weight excluding hydrogens is 356 g/mol. The summed E-state index contributed by atoms with van der Waals surface area (Å²) in [5, 5.41) is 0. The quantitative estimate of drug-likeness (QED) is 0.626. The van der Waals surface area contributed by atoms with Crippen molar-refractivity contribution in [1.82, 2.24) is 9.80 Å². The Morgan fingerprint density at radius 3 is 1.07 bits per heavy atom. The first-order valence-electron chi connectivity index (χ1n) is 9.70. The van der Waals surface area contributed by atoms with Gasteiger partial charge in [0.15, 0.2) is 0 Å². The average Bonchev–Trinajstić information content (AvgIpc) is 2.80. The summed E-state index contributed by atoms with van der Waals surface area (Å²) in [7, 11) is 0. The fourth-order valence-corrected chi connectivity index (χ4v) is 3.71. The van der Waals surface area contributed by atoms with E-state index >= 15 is 0 Å². The molecule has 0 aromatic carbocycles. The van der Waals surface area contributed by atoms with Crippen LogP contribution in [0.1, 0.15) is 41.5 Å². The Balaban J connectivity index is 2.02. The Morgan fingerprint density at radius 1 is 0.607 bits per heavy atom. The van der Waals surface area contributed by atoms with E-state index in [1.165, 1.54) is 0 Å². The molecule has 6 nitrogen and oxygen atoms in total. The van der Waals surface area contributed by atoms with E-state index in [9.17, 15) is 9.59 Å². The standard InChI is InChI=1S/C22H30N2O4/c1-21(2,3)27-19(25)23-15-11-7-8-12-16(23)18-14-10-9-13-17(15)24(18)20(26)28-22(4,5)6/h7-18H,1-6H3/t15-,16-,17+,18+. The predicted octanol–water partition coefficient (Wildman–Crippen LogP) is 4.20. The monoisotopic (exact) mass is 386 g/mol. The molecule has 3 aliphatic heterocycles. The van der Waals surface area contributed by atoms with Crippen LogP contribution in [0.3, 0.4) is 0 Å². The number of allylic oxidation sites excluding steroid dienone is 4. The van der Waals surface area contributed by atoms with Crippen LogP contribution in [-0.4, -0.2) is 57.4 Å². The molecule has 0 aromatic heterocycles. The van der Waals surface area contributed by atoms with Crippen molar-refractivity contribution in [3.63, 3.8) is 0 Å². The molecule has 0 N–H and O–H groups in total. The van der Waals surface area contributed by atoms with Gasteiger partial charge in [-0.1, -0.05) is 48.6 Å². The zero-order valence-corrected chi connectivity index (χ0v) is 17.5. The zero-order chi connectivity index (χ0) is 20.7. The van der Waals surface area contributed by atoms with Gasteiger partial charge in [0.2, 0.25) is 0 Å². The van der Waals surface area contributed by atoms with Crippen molar-refractivity contribution in [2.45, 2.75) is 76.9 Å². The van der Waals surface area contributed by atoms with Gasteiger partial charge in [-0.25, -0.2) is 9.59 Å². The summed E-state index contributed by atoms with van der Waals surface area (Å²) in [5.41, 5.74) is -1.21. The fraction of sp³-hybridized carbons (Fsp3) is 0.545. The molecule has 1 fully saturated rings. The SMILES string of the molecule is CC(C)(C)OC(=O)N1[C@@H]2C=CC=C[C@@H]1[C@@H]1C=CC=C[C@@H]2N1C(=O)OC(C)(C)C. The van der Waals surface area contributed by atoms with Crippen LogP contribution >= 0.6 is 0 Å². The van der Waals surface area contributed by atoms with Crippen LogP contribution < -0.4 is 0 Å². The van der Waals surface area contributed by atoms with E-state index in [1.807, 2.05) is 90.2 Å². The first-order chi connectivity index (χ1) is 13.0. The second kappa shape index (κ2) is 7.15. The summed E-state index contributed by atoms with van der Waals surface area (Å²) in [5.74, 6) is 0. The Kier molecular flexibility index (Phi) is 5.17. The van der Waals surface area contributed by atoms with Gasteiger partial charge in [-0.3, -0.25) is 9.80 Å². The summed E-state index contributed by atoms with van der Waals surface area (Å²) in [6.45, 7) is 11.1. The van der Waals surface area contributed by atoms with Crippen LogP contribution in [0, 0.1) is 0 Å². The van der Waals surface area contributed by atoms with Crippen LogP contribution in [0.4, 0.5) is 9.59 Å². The molecule has 3 aliphatic rings. The Morgan fingerprint density at radius 2 is 0.857 bits per heavy atom. The van der Waals surface area contributed by atoms with Gasteiger partial charge in [0.25, 0.3) is 0 Å². The molecule has 0 saturated carbocycles. The maximum atomic E-state index is 13.1. The third kappa shape index (κ3) is 4.16. The van der Waals surface area contributed by atoms with E-state index in [1.54, 1.807) is 9.80 Å². The van der Waals surface area contributed by atoms with Gasteiger partial charge in [0.05, 0.1) is 24.2 Å². The minimum absolute atomic E-state index is 0.352. The maximum absolute atomic E-state index is 13.1. The van der Waals surface area contributed by atoms with E-state index in [0.29, 0.717) is 0 Å². The summed E-state index contributed by atoms with van der Waals surface area (Å²) in [6, 6.07) is -1.41. The van der Waals surface area contributed by atoms with Crippen molar-refractivity contribution in [3.05, 3.63) is 48.6 Å². The van der Waals surface area contributed by atoms with Gasteiger partial charge in [0, 0.05) is 0 Å². The summed E-state index contributed by atoms with van der Waals surface area (Å²) in [6.07, 6.45) is 14.7. The minimum atomic E-state index is -0.604. The number of carbonyl (C=O) groups is 2. The number of fused-ring (bicyclic) bond motifs is 6. The van der Waals surface area contributed by atoms with Crippen LogP contribution in [0.25, 0.3) is 0 Å². The van der Waals surface area contributed by atoms with Crippen molar-refractivity contribution >= 4 is 12.2 Å². The van der Waals surface area contributed by atoms with Crippen molar-refractivity contribution in [1.29, 1.82) is 0 Å². The molecule has 6 heteroatoms. The molecule has 0 spiro atoms. The number of ether oxygens (including phenoxy) is 2. The molecule has 1 saturated heterocycles. The molecule has 0 radical (unpaired) electrons. The lowest BCUT2D eigenvalue weighted by Gasteiger charge is -2.51. The summed E-state index contributed by atoms with van der Waals surface area (Å²) in [4.78, 5) is 29.6. The number of hydrogen-bond donors (Lipinski definition) is 0. The van der Waals surface area contributed by atoms with Crippen LogP contribution in [-0.2, 0) is 9.47 Å². The van der Waals surface area contributed by atoms with E-state index in [-0.39, 0.29) is 36.4 Å². The topological polar surface area (TPSA) is 59.1 Å². The third-order valence-corrected chi connectivity index (χ3v) is 4.65. The molecule has 2 amide bonds. The predicted molar refractivity (Wildman–Crippen MR) is 108 cm³/mol. The van der Waals surface area contributed by atoms with Crippen molar-refractivity contribution in [2.24, 2.45) is 0 Å². The van der Waals surface area contributed by atoms with Gasteiger partial charge in [0.1, 0.15) is 11.2 Å². The lowest BCUT2D eigenvalue weighted by molar-refractivity contribution is -0.0405. The average molecular weight is 386 g/mol. The van der Waals surface area contributed by atoms with Crippen LogP contribution in [0.5, 0.6) is 0 Å². The number of hydrogen-bond acceptors (Lipinski definition) is 4. The van der Waals surface area contributed by atoms with Crippen LogP contribution in [0.2, 0.25) is 0 Å². The number of amides is 2. The molecular formula is C22H30N2O4. The van der Waals surface area contributed by atoms with Gasteiger partial charge in [-0.15, -0.1) is 0 Å². The number of carbonyl (C=O) groups excluding carboxylic acids is 2. The first kappa shape index (κ1) is 20.2. The second-order valence-electron chi connectivity index (χ2n) is 9.28. The van der Waals surface area contributed by atoms with Gasteiger partial charge < -0.3 is 9.47 Å². The van der Waals surface area contributed by atoms with E-state index in [4.69, 9.17) is 9.47 Å². The highest BCUT2D eigenvalue weighted by molar-refractivity contribution is 5.75. The molecule has 4 atom stereocenters. The summed E-state index contributed by atoms with van der Waals surface area (Å²) < 4.78 is 11.4. The lowest BCUT2D eigenvalue weighted by atomic mass is 9.93. The largest absolute Gasteiger partial charge is 0.444 e. The van der Waals surface area contributed by atoms with E-state index < -0.39 is 11.2 Å². The normalized spacial score (nSPS) is 28.6. The van der Waals surface area contributed by atoms with E-state index in [0.717, 1.165) is 0 Å². The summed E-state index contributed by atoms with van der Waals surface area (Å²) >= 11 is 0. The number of nitrogens with zero attached hydrogens (tertiary/aromatic N) is 2. The molecule has 3 rings (SSSR count). The number of rotatable bonds is 0. The molecule has 3 heterocycles. The lowest BCUT2D eigenvalue weighted by Crippen LogP contribution is -2.69. The van der Waals surface area contributed by atoms with Crippen molar-refractivity contribution < 1.29 is 19.1 Å². The molecule has 28 heavy (non-hydrogen) atoms. The Bertz CT molecular complexity index is 651. The molecule has 0 aliphatic carbocycles. The minimum Gasteiger partial charge on any atom is -0.444 e. The van der Waals surface area contributed by atoms with Gasteiger partial charge >= 0.3 is 12.2 Å². The van der Waals surface area contributed by atoms with E-state index in [2.05, 4.69) is 0 Å². The number of piperazine rings is 1. The highest BCUT2D eigenvalue weighted by Crippen LogP contribution is 2.35. The molecule has 4 bridgehead atoms. The zero-order valence-electron chi connectivity index (χ0n) is 17.5. The molecule has 0 unspecified atom stereocenters. The van der Waals surface area contributed by atoms with Crippen molar-refractivity contribution in [2.75, 3.05) is 0 Å². The van der Waals surface area contributed by atoms with Gasteiger partial charge in [-0.2, -0.15) is 0 Å². The molecule has 0 aromatic rings. The maximum Gasteiger partial charge on any atom is 0.411 e. The fourth-order valence-electron chi connectivity index (χ4n) is 3.71. The first-order valence-corrected chi connectivity index (χ1v) is 9.70. The molecule has 152 valence electrons. The van der Waals surface area contributed by atoms with Crippen molar-refractivity contribution in [3.8, 4) is 0 Å². The highest BCUT2D eigenvalue weighted by Gasteiger charge is 2.51.